The van der Waals surface area contributed by atoms with Gasteiger partial charge in [0.1, 0.15) is 4.90 Å². The Bertz CT molecular complexity index is 484. The van der Waals surface area contributed by atoms with E-state index in [1.54, 1.807) is 0 Å². The summed E-state index contributed by atoms with van der Waals surface area (Å²) in [5.41, 5.74) is -0.132. The first-order valence-corrected chi connectivity index (χ1v) is 5.40. The molecule has 0 aliphatic heterocycles. The first-order valence-electron chi connectivity index (χ1n) is 3.26. The Morgan fingerprint density at radius 1 is 1.36 bits per heavy atom. The third-order valence-electron chi connectivity index (χ3n) is 1.42. The highest BCUT2D eigenvalue weighted by atomic mass is 35.5. The Kier molecular flexibility index (Phi) is 3.14. The molecule has 0 aromatic heterocycles. The standard InChI is InChI=1S/C7H3Cl2FO3S/c8-5-2-1-4(7(9)11)3-6(5)14(10,12)13/h1-3H. The summed E-state index contributed by atoms with van der Waals surface area (Å²) < 4.78 is 33.6. The Hall–Kier alpha value is -0.650. The lowest BCUT2D eigenvalue weighted by Crippen LogP contribution is -1.97. The van der Waals surface area contributed by atoms with Gasteiger partial charge in [0, 0.05) is 5.56 Å². The number of carbonyl (C=O) groups excluding carboxylic acids is 1. The van der Waals surface area contributed by atoms with Gasteiger partial charge in [0.05, 0.1) is 5.02 Å². The maximum Gasteiger partial charge on any atom is 0.333 e. The summed E-state index contributed by atoms with van der Waals surface area (Å²) in [6, 6.07) is 3.07. The lowest BCUT2D eigenvalue weighted by atomic mass is 10.2. The van der Waals surface area contributed by atoms with Crippen molar-refractivity contribution in [1.29, 1.82) is 0 Å². The van der Waals surface area contributed by atoms with Crippen molar-refractivity contribution in [2.45, 2.75) is 4.90 Å². The van der Waals surface area contributed by atoms with Gasteiger partial charge in [0.15, 0.2) is 0 Å². The number of benzene rings is 1. The highest BCUT2D eigenvalue weighted by Gasteiger charge is 2.18. The second-order valence-corrected chi connectivity index (χ2v) is 4.42. The molecule has 14 heavy (non-hydrogen) atoms. The largest absolute Gasteiger partial charge is 0.333 e. The van der Waals surface area contributed by atoms with Crippen molar-refractivity contribution < 1.29 is 17.1 Å². The molecule has 7 heteroatoms. The zero-order valence-corrected chi connectivity index (χ0v) is 8.83. The average Bonchev–Trinajstić information content (AvgIpc) is 2.02. The molecule has 0 aliphatic rings. The number of rotatable bonds is 2. The summed E-state index contributed by atoms with van der Waals surface area (Å²) in [7, 11) is -4.93. The molecule has 0 N–H and O–H groups in total. The van der Waals surface area contributed by atoms with Crippen molar-refractivity contribution in [3.63, 3.8) is 0 Å². The molecule has 0 saturated heterocycles. The predicted molar refractivity (Wildman–Crippen MR) is 49.9 cm³/mol. The molecule has 76 valence electrons. The molecule has 0 bridgehead atoms. The van der Waals surface area contributed by atoms with Crippen LogP contribution in [0.5, 0.6) is 0 Å². The first-order chi connectivity index (χ1) is 6.32. The number of carbonyl (C=O) groups is 1. The Labute approximate surface area is 89.7 Å². The van der Waals surface area contributed by atoms with E-state index in [2.05, 4.69) is 0 Å². The van der Waals surface area contributed by atoms with Crippen LogP contribution in [-0.4, -0.2) is 13.7 Å². The molecule has 0 spiro atoms. The molecule has 0 atom stereocenters. The molecule has 0 aliphatic carbocycles. The van der Waals surface area contributed by atoms with E-state index in [4.69, 9.17) is 23.2 Å². The van der Waals surface area contributed by atoms with Gasteiger partial charge >= 0.3 is 10.2 Å². The Morgan fingerprint density at radius 2 is 1.93 bits per heavy atom. The number of hydrogen-bond donors (Lipinski definition) is 0. The molecule has 0 fully saturated rings. The summed E-state index contributed by atoms with van der Waals surface area (Å²) in [5.74, 6) is 0. The minimum Gasteiger partial charge on any atom is -0.276 e. The van der Waals surface area contributed by atoms with E-state index >= 15 is 0 Å². The summed E-state index contributed by atoms with van der Waals surface area (Å²) in [5, 5.41) is -1.18. The summed E-state index contributed by atoms with van der Waals surface area (Å²) in [6.45, 7) is 0. The fourth-order valence-electron chi connectivity index (χ4n) is 0.812. The van der Waals surface area contributed by atoms with E-state index in [0.717, 1.165) is 12.1 Å². The predicted octanol–water partition coefficient (Wildman–Crippen LogP) is 2.38. The Balaban J connectivity index is 3.44. The minimum absolute atomic E-state index is 0.132. The van der Waals surface area contributed by atoms with Crippen LogP contribution in [0.25, 0.3) is 0 Å². The average molecular weight is 257 g/mol. The molecule has 1 rings (SSSR count). The highest BCUT2D eigenvalue weighted by molar-refractivity contribution is 7.86. The lowest BCUT2D eigenvalue weighted by Gasteiger charge is -2.00. The van der Waals surface area contributed by atoms with Crippen LogP contribution < -0.4 is 0 Å². The maximum absolute atomic E-state index is 12.6. The van der Waals surface area contributed by atoms with Crippen LogP contribution in [-0.2, 0) is 10.2 Å². The van der Waals surface area contributed by atoms with Crippen molar-refractivity contribution in [1.82, 2.24) is 0 Å². The zero-order chi connectivity index (χ0) is 10.9. The molecular weight excluding hydrogens is 254 g/mol. The third kappa shape index (κ3) is 2.43. The van der Waals surface area contributed by atoms with E-state index in [0.29, 0.717) is 0 Å². The van der Waals surface area contributed by atoms with Crippen molar-refractivity contribution in [3.8, 4) is 0 Å². The molecule has 0 radical (unpaired) electrons. The van der Waals surface area contributed by atoms with E-state index < -0.39 is 20.4 Å². The molecule has 0 heterocycles. The van der Waals surface area contributed by atoms with Crippen LogP contribution >= 0.6 is 23.2 Å². The lowest BCUT2D eigenvalue weighted by molar-refractivity contribution is 0.108. The summed E-state index contributed by atoms with van der Waals surface area (Å²) in [4.78, 5) is 9.88. The van der Waals surface area contributed by atoms with Gasteiger partial charge in [-0.1, -0.05) is 11.6 Å². The van der Waals surface area contributed by atoms with Crippen molar-refractivity contribution >= 4 is 38.7 Å². The van der Waals surface area contributed by atoms with Crippen LogP contribution in [0.2, 0.25) is 5.02 Å². The molecule has 1 aromatic rings. The van der Waals surface area contributed by atoms with E-state index in [1.165, 1.54) is 6.07 Å². The van der Waals surface area contributed by atoms with Crippen LogP contribution in [0.1, 0.15) is 10.4 Å². The fraction of sp³-hybridized carbons (Fsp3) is 0. The zero-order valence-electron chi connectivity index (χ0n) is 6.50. The normalized spacial score (nSPS) is 11.4. The van der Waals surface area contributed by atoms with E-state index in [9.17, 15) is 17.1 Å². The monoisotopic (exact) mass is 256 g/mol. The third-order valence-corrected chi connectivity index (χ3v) is 2.94. The van der Waals surface area contributed by atoms with E-state index in [-0.39, 0.29) is 10.6 Å². The van der Waals surface area contributed by atoms with Gasteiger partial charge in [-0.25, -0.2) is 0 Å². The van der Waals surface area contributed by atoms with Crippen LogP contribution in [0, 0.1) is 0 Å². The van der Waals surface area contributed by atoms with Gasteiger partial charge in [-0.05, 0) is 29.8 Å². The smallest absolute Gasteiger partial charge is 0.276 e. The molecule has 3 nitrogen and oxygen atoms in total. The number of hydrogen-bond acceptors (Lipinski definition) is 3. The maximum atomic E-state index is 12.6. The van der Waals surface area contributed by atoms with Gasteiger partial charge in [-0.2, -0.15) is 8.42 Å². The van der Waals surface area contributed by atoms with Gasteiger partial charge < -0.3 is 0 Å². The van der Waals surface area contributed by atoms with Crippen molar-refractivity contribution in [2.75, 3.05) is 0 Å². The SMILES string of the molecule is O=C(Cl)c1ccc(Cl)c(S(=O)(=O)F)c1. The van der Waals surface area contributed by atoms with Gasteiger partial charge in [-0.3, -0.25) is 4.79 Å². The number of halogens is 3. The fourth-order valence-corrected chi connectivity index (χ4v) is 1.89. The quantitative estimate of drug-likeness (QED) is 0.764. The molecule has 1 aromatic carbocycles. The van der Waals surface area contributed by atoms with Crippen LogP contribution in [0.15, 0.2) is 23.1 Å². The van der Waals surface area contributed by atoms with Crippen molar-refractivity contribution in [2.24, 2.45) is 0 Å². The molecular formula is C7H3Cl2FO3S. The summed E-state index contributed by atoms with van der Waals surface area (Å²) >= 11 is 10.5. The minimum atomic E-state index is -4.93. The second kappa shape index (κ2) is 3.84. The molecule has 0 unspecified atom stereocenters. The highest BCUT2D eigenvalue weighted by Crippen LogP contribution is 2.24. The molecule has 0 amide bonds. The first kappa shape index (κ1) is 11.4. The van der Waals surface area contributed by atoms with Gasteiger partial charge in [0.2, 0.25) is 0 Å². The molecule has 0 saturated carbocycles. The van der Waals surface area contributed by atoms with Crippen molar-refractivity contribution in [3.05, 3.63) is 28.8 Å². The van der Waals surface area contributed by atoms with E-state index in [1.807, 2.05) is 0 Å². The second-order valence-electron chi connectivity index (χ2n) is 2.36. The van der Waals surface area contributed by atoms with Gasteiger partial charge in [0.25, 0.3) is 5.24 Å². The Morgan fingerprint density at radius 3 is 2.36 bits per heavy atom. The van der Waals surface area contributed by atoms with Crippen LogP contribution in [0.3, 0.4) is 0 Å². The van der Waals surface area contributed by atoms with Gasteiger partial charge in [-0.15, -0.1) is 3.89 Å². The van der Waals surface area contributed by atoms with Crippen LogP contribution in [0.4, 0.5) is 3.89 Å². The topological polar surface area (TPSA) is 51.2 Å². The summed E-state index contributed by atoms with van der Waals surface area (Å²) in [6.07, 6.45) is 0.